The average molecular weight is 309 g/mol. The second kappa shape index (κ2) is 7.23. The molecule has 0 aromatic heterocycles. The number of Topliss-reactive ketones (excluding diaryl/α,β-unsaturated/α-hetero) is 1. The number of hydrogen-bond donors (Lipinski definition) is 1. The Bertz CT molecular complexity index is 776. The van der Waals surface area contributed by atoms with Crippen LogP contribution in [0.5, 0.6) is 5.75 Å². The minimum absolute atomic E-state index is 0.0935. The van der Waals surface area contributed by atoms with Gasteiger partial charge >= 0.3 is 5.97 Å². The quantitative estimate of drug-likeness (QED) is 0.829. The molecule has 0 fully saturated rings. The zero-order valence-electron chi connectivity index (χ0n) is 12.6. The van der Waals surface area contributed by atoms with E-state index >= 15 is 0 Å². The molecule has 0 saturated carbocycles. The number of rotatable bonds is 6. The SMILES string of the molecule is CC(=O)c1ccc(OCc2ccccc2)c(C#N)c1CC(=O)O. The molecule has 0 spiro atoms. The number of nitriles is 1. The maximum absolute atomic E-state index is 11.7. The molecular formula is C18H15NO4. The second-order valence-corrected chi connectivity index (χ2v) is 4.98. The van der Waals surface area contributed by atoms with Crippen molar-refractivity contribution in [1.82, 2.24) is 0 Å². The van der Waals surface area contributed by atoms with Crippen molar-refractivity contribution in [3.05, 3.63) is 64.7 Å². The van der Waals surface area contributed by atoms with E-state index in [0.717, 1.165) is 5.56 Å². The first-order chi connectivity index (χ1) is 11.0. The number of ketones is 1. The van der Waals surface area contributed by atoms with Gasteiger partial charge in [-0.15, -0.1) is 0 Å². The standard InChI is InChI=1S/C18H15NO4/c1-12(20)14-7-8-17(16(10-19)15(14)9-18(21)22)23-11-13-5-3-2-4-6-13/h2-8H,9,11H2,1H3,(H,21,22). The van der Waals surface area contributed by atoms with E-state index in [1.807, 2.05) is 36.4 Å². The lowest BCUT2D eigenvalue weighted by atomic mass is 9.95. The maximum atomic E-state index is 11.7. The number of hydrogen-bond acceptors (Lipinski definition) is 4. The molecule has 5 nitrogen and oxygen atoms in total. The lowest BCUT2D eigenvalue weighted by Gasteiger charge is -2.13. The van der Waals surface area contributed by atoms with Crippen molar-refractivity contribution in [2.45, 2.75) is 20.0 Å². The van der Waals surface area contributed by atoms with E-state index in [9.17, 15) is 14.9 Å². The summed E-state index contributed by atoms with van der Waals surface area (Å²) in [6, 6.07) is 14.4. The second-order valence-electron chi connectivity index (χ2n) is 4.98. The van der Waals surface area contributed by atoms with Crippen LogP contribution in [-0.4, -0.2) is 16.9 Å². The van der Waals surface area contributed by atoms with E-state index in [1.165, 1.54) is 19.1 Å². The summed E-state index contributed by atoms with van der Waals surface area (Å²) in [4.78, 5) is 22.7. The molecule has 0 bridgehead atoms. The summed E-state index contributed by atoms with van der Waals surface area (Å²) < 4.78 is 5.64. The van der Waals surface area contributed by atoms with Crippen LogP contribution in [0.2, 0.25) is 0 Å². The Morgan fingerprint density at radius 2 is 1.87 bits per heavy atom. The van der Waals surface area contributed by atoms with Gasteiger partial charge in [0.1, 0.15) is 18.4 Å². The number of nitrogens with zero attached hydrogens (tertiary/aromatic N) is 1. The summed E-state index contributed by atoms with van der Waals surface area (Å²) in [5.74, 6) is -1.12. The Morgan fingerprint density at radius 1 is 1.17 bits per heavy atom. The van der Waals surface area contributed by atoms with E-state index in [-0.39, 0.29) is 34.8 Å². The number of carbonyl (C=O) groups excluding carboxylic acids is 1. The van der Waals surface area contributed by atoms with Crippen LogP contribution in [0.4, 0.5) is 0 Å². The van der Waals surface area contributed by atoms with E-state index in [2.05, 4.69) is 0 Å². The van der Waals surface area contributed by atoms with Gasteiger partial charge in [0.25, 0.3) is 0 Å². The molecule has 0 amide bonds. The van der Waals surface area contributed by atoms with Crippen LogP contribution in [-0.2, 0) is 17.8 Å². The predicted molar refractivity (Wildman–Crippen MR) is 83.3 cm³/mol. The highest BCUT2D eigenvalue weighted by Crippen LogP contribution is 2.27. The Morgan fingerprint density at radius 3 is 2.43 bits per heavy atom. The molecule has 0 aliphatic carbocycles. The third kappa shape index (κ3) is 3.95. The Hall–Kier alpha value is -3.13. The number of carbonyl (C=O) groups is 2. The molecule has 2 aromatic carbocycles. The first-order valence-electron chi connectivity index (χ1n) is 6.98. The number of benzene rings is 2. The molecule has 0 saturated heterocycles. The van der Waals surface area contributed by atoms with E-state index < -0.39 is 12.4 Å². The molecule has 0 aliphatic heterocycles. The van der Waals surface area contributed by atoms with E-state index in [0.29, 0.717) is 0 Å². The number of carboxylic acids is 1. The molecule has 5 heteroatoms. The summed E-state index contributed by atoms with van der Waals surface area (Å²) >= 11 is 0. The van der Waals surface area contributed by atoms with Gasteiger partial charge in [0.2, 0.25) is 0 Å². The van der Waals surface area contributed by atoms with Crippen molar-refractivity contribution in [3.63, 3.8) is 0 Å². The topological polar surface area (TPSA) is 87.4 Å². The van der Waals surface area contributed by atoms with E-state index in [4.69, 9.17) is 9.84 Å². The Kier molecular flexibility index (Phi) is 5.11. The van der Waals surface area contributed by atoms with Crippen molar-refractivity contribution in [1.29, 1.82) is 5.26 Å². The zero-order chi connectivity index (χ0) is 16.8. The fourth-order valence-corrected chi connectivity index (χ4v) is 2.27. The lowest BCUT2D eigenvalue weighted by Crippen LogP contribution is -2.10. The normalized spacial score (nSPS) is 9.91. The van der Waals surface area contributed by atoms with Gasteiger partial charge in [-0.05, 0) is 30.2 Å². The van der Waals surface area contributed by atoms with Crippen LogP contribution in [0.3, 0.4) is 0 Å². The van der Waals surface area contributed by atoms with Crippen molar-refractivity contribution < 1.29 is 19.4 Å². The van der Waals surface area contributed by atoms with Crippen LogP contribution in [0.15, 0.2) is 42.5 Å². The molecule has 23 heavy (non-hydrogen) atoms. The van der Waals surface area contributed by atoms with Crippen LogP contribution in [0.1, 0.15) is 34.0 Å². The third-order valence-electron chi connectivity index (χ3n) is 3.33. The van der Waals surface area contributed by atoms with Crippen LogP contribution in [0, 0.1) is 11.3 Å². The number of carboxylic acid groups (broad SMARTS) is 1. The van der Waals surface area contributed by atoms with Gasteiger partial charge in [0.15, 0.2) is 5.78 Å². The minimum Gasteiger partial charge on any atom is -0.488 e. The van der Waals surface area contributed by atoms with Crippen LogP contribution >= 0.6 is 0 Å². The zero-order valence-corrected chi connectivity index (χ0v) is 12.6. The molecule has 0 heterocycles. The van der Waals surface area contributed by atoms with E-state index in [1.54, 1.807) is 0 Å². The predicted octanol–water partition coefficient (Wildman–Crippen LogP) is 2.97. The fraction of sp³-hybridized carbons (Fsp3) is 0.167. The van der Waals surface area contributed by atoms with Crippen molar-refractivity contribution in [2.75, 3.05) is 0 Å². The summed E-state index contributed by atoms with van der Waals surface area (Å²) in [5.41, 5.74) is 1.44. The maximum Gasteiger partial charge on any atom is 0.307 e. The molecule has 0 radical (unpaired) electrons. The molecule has 116 valence electrons. The number of ether oxygens (including phenoxy) is 1. The molecular weight excluding hydrogens is 294 g/mol. The first kappa shape index (κ1) is 16.2. The van der Waals surface area contributed by atoms with Crippen molar-refractivity contribution in [3.8, 4) is 11.8 Å². The lowest BCUT2D eigenvalue weighted by molar-refractivity contribution is -0.136. The molecule has 2 rings (SSSR count). The highest BCUT2D eigenvalue weighted by atomic mass is 16.5. The summed E-state index contributed by atoms with van der Waals surface area (Å²) in [7, 11) is 0. The average Bonchev–Trinajstić information content (AvgIpc) is 2.53. The van der Waals surface area contributed by atoms with Gasteiger partial charge in [0.05, 0.1) is 12.0 Å². The van der Waals surface area contributed by atoms with Crippen LogP contribution in [0.25, 0.3) is 0 Å². The van der Waals surface area contributed by atoms with Crippen LogP contribution < -0.4 is 4.74 Å². The first-order valence-corrected chi connectivity index (χ1v) is 6.98. The largest absolute Gasteiger partial charge is 0.488 e. The molecule has 0 aliphatic rings. The smallest absolute Gasteiger partial charge is 0.307 e. The van der Waals surface area contributed by atoms with Gasteiger partial charge in [-0.1, -0.05) is 30.3 Å². The molecule has 0 atom stereocenters. The summed E-state index contributed by atoms with van der Waals surface area (Å²) in [6.07, 6.45) is -0.402. The van der Waals surface area contributed by atoms with Gasteiger partial charge in [-0.25, -0.2) is 0 Å². The monoisotopic (exact) mass is 309 g/mol. The van der Waals surface area contributed by atoms with Gasteiger partial charge in [-0.3, -0.25) is 9.59 Å². The highest BCUT2D eigenvalue weighted by Gasteiger charge is 2.19. The van der Waals surface area contributed by atoms with Gasteiger partial charge < -0.3 is 9.84 Å². The Balaban J connectivity index is 2.38. The molecule has 0 unspecified atom stereocenters. The number of aliphatic carboxylic acids is 1. The molecule has 1 N–H and O–H groups in total. The minimum atomic E-state index is -1.11. The third-order valence-corrected chi connectivity index (χ3v) is 3.33. The summed E-state index contributed by atoms with van der Waals surface area (Å²) in [6.45, 7) is 1.59. The summed E-state index contributed by atoms with van der Waals surface area (Å²) in [5, 5.41) is 18.4. The van der Waals surface area contributed by atoms with Gasteiger partial charge in [0, 0.05) is 5.56 Å². The fourth-order valence-electron chi connectivity index (χ4n) is 2.27. The van der Waals surface area contributed by atoms with Crippen molar-refractivity contribution >= 4 is 11.8 Å². The Labute approximate surface area is 133 Å². The highest BCUT2D eigenvalue weighted by molar-refractivity contribution is 5.97. The van der Waals surface area contributed by atoms with Gasteiger partial charge in [-0.2, -0.15) is 5.26 Å². The van der Waals surface area contributed by atoms with Crippen molar-refractivity contribution in [2.24, 2.45) is 0 Å². The molecule has 2 aromatic rings.